The summed E-state index contributed by atoms with van der Waals surface area (Å²) in [5.41, 5.74) is 2.56. The van der Waals surface area contributed by atoms with Gasteiger partial charge in [0.25, 0.3) is 5.91 Å². The fourth-order valence-corrected chi connectivity index (χ4v) is 4.78. The summed E-state index contributed by atoms with van der Waals surface area (Å²) in [6.45, 7) is 7.25. The van der Waals surface area contributed by atoms with E-state index in [1.807, 2.05) is 26.0 Å². The Bertz CT molecular complexity index is 1050. The Kier molecular flexibility index (Phi) is 8.00. The number of anilines is 1. The number of rotatable bonds is 8. The minimum absolute atomic E-state index is 0.00566. The van der Waals surface area contributed by atoms with E-state index < -0.39 is 28.5 Å². The van der Waals surface area contributed by atoms with Gasteiger partial charge in [-0.1, -0.05) is 37.6 Å². The number of nitrogens with zero attached hydrogens (tertiary/aromatic N) is 1. The summed E-state index contributed by atoms with van der Waals surface area (Å²) < 4.78 is 31.8. The lowest BCUT2D eigenvalue weighted by molar-refractivity contribution is -0.119. The van der Waals surface area contributed by atoms with E-state index >= 15 is 0 Å². The van der Waals surface area contributed by atoms with Crippen LogP contribution >= 0.6 is 11.6 Å². The number of ether oxygens (including phenoxy) is 1. The summed E-state index contributed by atoms with van der Waals surface area (Å²) in [6, 6.07) is 9.34. The normalized spacial score (nSPS) is 11.4. The minimum Gasteiger partial charge on any atom is -0.452 e. The summed E-state index contributed by atoms with van der Waals surface area (Å²) in [5, 5.41) is 2.70. The molecule has 1 N–H and O–H groups in total. The van der Waals surface area contributed by atoms with Crippen molar-refractivity contribution < 1.29 is 22.7 Å². The van der Waals surface area contributed by atoms with Crippen LogP contribution in [0.15, 0.2) is 41.3 Å². The average Bonchev–Trinajstić information content (AvgIpc) is 2.70. The summed E-state index contributed by atoms with van der Waals surface area (Å²) in [4.78, 5) is 24.3. The van der Waals surface area contributed by atoms with Gasteiger partial charge in [-0.15, -0.1) is 0 Å². The number of benzene rings is 2. The number of halogens is 1. The van der Waals surface area contributed by atoms with Gasteiger partial charge in [-0.05, 0) is 49.2 Å². The van der Waals surface area contributed by atoms with Gasteiger partial charge in [-0.3, -0.25) is 4.79 Å². The molecule has 0 saturated heterocycles. The van der Waals surface area contributed by atoms with Crippen molar-refractivity contribution in [3.63, 3.8) is 0 Å². The highest BCUT2D eigenvalue weighted by atomic mass is 35.5. The van der Waals surface area contributed by atoms with Crippen LogP contribution in [0.3, 0.4) is 0 Å². The zero-order chi connectivity index (χ0) is 22.5. The first-order chi connectivity index (χ1) is 14.1. The van der Waals surface area contributed by atoms with Crippen molar-refractivity contribution in [3.05, 3.63) is 58.1 Å². The number of amides is 1. The fourth-order valence-electron chi connectivity index (χ4n) is 2.82. The maximum absolute atomic E-state index is 12.7. The molecule has 162 valence electrons. The Morgan fingerprint density at radius 3 is 2.40 bits per heavy atom. The molecule has 0 fully saturated rings. The molecule has 0 aromatic heterocycles. The zero-order valence-electron chi connectivity index (χ0n) is 17.4. The average molecular weight is 453 g/mol. The third-order valence-corrected chi connectivity index (χ3v) is 7.23. The van der Waals surface area contributed by atoms with Gasteiger partial charge in [0, 0.05) is 18.8 Å². The van der Waals surface area contributed by atoms with Gasteiger partial charge < -0.3 is 10.1 Å². The van der Waals surface area contributed by atoms with E-state index in [0.717, 1.165) is 11.1 Å². The quantitative estimate of drug-likeness (QED) is 0.615. The lowest BCUT2D eigenvalue weighted by Gasteiger charge is -2.19. The number of sulfonamides is 1. The van der Waals surface area contributed by atoms with Crippen molar-refractivity contribution in [2.24, 2.45) is 0 Å². The molecular formula is C21H25ClN2O5S. The monoisotopic (exact) mass is 452 g/mol. The van der Waals surface area contributed by atoms with Gasteiger partial charge >= 0.3 is 5.97 Å². The molecule has 30 heavy (non-hydrogen) atoms. The van der Waals surface area contributed by atoms with Crippen LogP contribution in [0.4, 0.5) is 5.69 Å². The molecule has 1 amide bonds. The van der Waals surface area contributed by atoms with Gasteiger partial charge in [0.15, 0.2) is 6.61 Å². The molecule has 0 radical (unpaired) electrons. The number of carbonyl (C=O) groups excluding carboxylic acids is 2. The van der Waals surface area contributed by atoms with E-state index in [4.69, 9.17) is 16.3 Å². The van der Waals surface area contributed by atoms with Gasteiger partial charge in [0.05, 0.1) is 10.6 Å². The van der Waals surface area contributed by atoms with E-state index in [9.17, 15) is 18.0 Å². The van der Waals surface area contributed by atoms with E-state index in [1.165, 1.54) is 22.5 Å². The topological polar surface area (TPSA) is 92.8 Å². The number of esters is 1. The van der Waals surface area contributed by atoms with E-state index in [0.29, 0.717) is 5.69 Å². The van der Waals surface area contributed by atoms with Crippen molar-refractivity contribution in [3.8, 4) is 0 Å². The van der Waals surface area contributed by atoms with Crippen LogP contribution in [-0.4, -0.2) is 44.3 Å². The van der Waals surface area contributed by atoms with E-state index in [2.05, 4.69) is 5.32 Å². The van der Waals surface area contributed by atoms with E-state index in [-0.39, 0.29) is 28.6 Å². The number of hydrogen-bond acceptors (Lipinski definition) is 5. The maximum Gasteiger partial charge on any atom is 0.338 e. The summed E-state index contributed by atoms with van der Waals surface area (Å²) in [6.07, 6.45) is 0. The second kappa shape index (κ2) is 10.1. The Morgan fingerprint density at radius 2 is 1.77 bits per heavy atom. The molecule has 0 spiro atoms. The molecule has 2 aromatic carbocycles. The smallest absolute Gasteiger partial charge is 0.338 e. The molecule has 0 unspecified atom stereocenters. The first-order valence-corrected chi connectivity index (χ1v) is 11.3. The van der Waals surface area contributed by atoms with Crippen LogP contribution in [0, 0.1) is 13.8 Å². The Morgan fingerprint density at radius 1 is 1.10 bits per heavy atom. The van der Waals surface area contributed by atoms with Gasteiger partial charge in [-0.2, -0.15) is 4.31 Å². The predicted octanol–water partition coefficient (Wildman–Crippen LogP) is 3.78. The molecule has 0 bridgehead atoms. The van der Waals surface area contributed by atoms with Gasteiger partial charge in [0.1, 0.15) is 4.90 Å². The number of nitrogens with one attached hydrogen (secondary N) is 1. The molecule has 0 saturated carbocycles. The molecule has 0 aliphatic rings. The molecule has 9 heteroatoms. The van der Waals surface area contributed by atoms with Crippen molar-refractivity contribution in [2.75, 3.05) is 25.0 Å². The van der Waals surface area contributed by atoms with Crippen LogP contribution in [0.25, 0.3) is 0 Å². The minimum atomic E-state index is -3.85. The van der Waals surface area contributed by atoms with Crippen LogP contribution in [-0.2, 0) is 19.6 Å². The Labute approximate surface area is 182 Å². The van der Waals surface area contributed by atoms with Crippen molar-refractivity contribution >= 4 is 39.2 Å². The highest BCUT2D eigenvalue weighted by Gasteiger charge is 2.26. The molecule has 2 rings (SSSR count). The lowest BCUT2D eigenvalue weighted by Crippen LogP contribution is -2.31. The first kappa shape index (κ1) is 23.9. The number of hydrogen-bond donors (Lipinski definition) is 1. The predicted molar refractivity (Wildman–Crippen MR) is 116 cm³/mol. The van der Waals surface area contributed by atoms with Crippen molar-refractivity contribution in [2.45, 2.75) is 32.6 Å². The molecule has 0 heterocycles. The summed E-state index contributed by atoms with van der Waals surface area (Å²) in [5.74, 6) is -1.32. The third-order valence-electron chi connectivity index (χ3n) is 4.70. The van der Waals surface area contributed by atoms with Gasteiger partial charge in [0.2, 0.25) is 10.0 Å². The summed E-state index contributed by atoms with van der Waals surface area (Å²) >= 11 is 6.07. The molecule has 7 nitrogen and oxygen atoms in total. The van der Waals surface area contributed by atoms with Gasteiger partial charge in [-0.25, -0.2) is 13.2 Å². The van der Waals surface area contributed by atoms with E-state index in [1.54, 1.807) is 19.9 Å². The maximum atomic E-state index is 12.7. The van der Waals surface area contributed by atoms with Crippen LogP contribution in [0.5, 0.6) is 0 Å². The summed E-state index contributed by atoms with van der Waals surface area (Å²) in [7, 11) is -3.85. The molecule has 2 aromatic rings. The SMILES string of the molecule is CCN(CC)S(=O)(=O)c1cc(C(=O)OCC(=O)Nc2cccc(C)c2C)ccc1Cl. The van der Waals surface area contributed by atoms with Crippen molar-refractivity contribution in [1.82, 2.24) is 4.31 Å². The number of aryl methyl sites for hydroxylation is 1. The largest absolute Gasteiger partial charge is 0.452 e. The zero-order valence-corrected chi connectivity index (χ0v) is 18.9. The highest BCUT2D eigenvalue weighted by molar-refractivity contribution is 7.89. The molecule has 0 atom stereocenters. The molecule has 0 aliphatic heterocycles. The Hall–Kier alpha value is -2.42. The van der Waals surface area contributed by atoms with Crippen LogP contribution in [0.2, 0.25) is 5.02 Å². The molecular weight excluding hydrogens is 428 g/mol. The third kappa shape index (κ3) is 5.38. The Balaban J connectivity index is 2.12. The fraction of sp³-hybridized carbons (Fsp3) is 0.333. The lowest BCUT2D eigenvalue weighted by atomic mass is 10.1. The van der Waals surface area contributed by atoms with Crippen LogP contribution in [0.1, 0.15) is 35.3 Å². The van der Waals surface area contributed by atoms with Crippen molar-refractivity contribution in [1.29, 1.82) is 0 Å². The second-order valence-corrected chi connectivity index (χ2v) is 8.92. The second-order valence-electron chi connectivity index (χ2n) is 6.61. The number of carbonyl (C=O) groups is 2. The standard InChI is InChI=1S/C21H25ClN2O5S/c1-5-24(6-2)30(27,28)19-12-16(10-11-17(19)22)21(26)29-13-20(25)23-18-9-7-8-14(3)15(18)4/h7-12H,5-6,13H2,1-4H3,(H,23,25). The van der Waals surface area contributed by atoms with Crippen LogP contribution < -0.4 is 5.32 Å². The highest BCUT2D eigenvalue weighted by Crippen LogP contribution is 2.26. The first-order valence-electron chi connectivity index (χ1n) is 9.44. The molecule has 0 aliphatic carbocycles.